The summed E-state index contributed by atoms with van der Waals surface area (Å²) in [6, 6.07) is 6.32. The summed E-state index contributed by atoms with van der Waals surface area (Å²) in [6.07, 6.45) is 2.73. The molecule has 1 aromatic carbocycles. The number of piperazine rings is 1. The second-order valence-corrected chi connectivity index (χ2v) is 7.47. The van der Waals surface area contributed by atoms with E-state index in [0.29, 0.717) is 6.04 Å². The van der Waals surface area contributed by atoms with Gasteiger partial charge in [0.25, 0.3) is 0 Å². The lowest BCUT2D eigenvalue weighted by Gasteiger charge is -2.41. The summed E-state index contributed by atoms with van der Waals surface area (Å²) in [7, 11) is 5.33. The first kappa shape index (κ1) is 20.6. The molecule has 0 bridgehead atoms. The lowest BCUT2D eigenvalue weighted by Crippen LogP contribution is -2.52. The van der Waals surface area contributed by atoms with E-state index in [2.05, 4.69) is 34.0 Å². The molecule has 1 N–H and O–H groups in total. The summed E-state index contributed by atoms with van der Waals surface area (Å²) in [6.45, 7) is 6.93. The predicted molar refractivity (Wildman–Crippen MR) is 109 cm³/mol. The van der Waals surface area contributed by atoms with Crippen LogP contribution in [0.2, 0.25) is 0 Å². The first-order chi connectivity index (χ1) is 13.5. The molecule has 0 saturated carbocycles. The topological polar surface area (TPSA) is 63.0 Å². The molecule has 1 saturated heterocycles. The maximum absolute atomic E-state index is 9.59. The van der Waals surface area contributed by atoms with Crippen molar-refractivity contribution < 1.29 is 14.6 Å². The lowest BCUT2D eigenvalue weighted by atomic mass is 10.1. The van der Waals surface area contributed by atoms with Gasteiger partial charge in [-0.25, -0.2) is 0 Å². The van der Waals surface area contributed by atoms with Gasteiger partial charge in [0, 0.05) is 69.7 Å². The number of hydrogen-bond donors (Lipinski definition) is 1. The maximum atomic E-state index is 9.59. The first-order valence-corrected chi connectivity index (χ1v) is 9.80. The van der Waals surface area contributed by atoms with Crippen LogP contribution in [0.3, 0.4) is 0 Å². The van der Waals surface area contributed by atoms with Crippen molar-refractivity contribution >= 4 is 0 Å². The van der Waals surface area contributed by atoms with Crippen molar-refractivity contribution in [3.05, 3.63) is 41.2 Å². The molecule has 0 spiro atoms. The van der Waals surface area contributed by atoms with E-state index in [4.69, 9.17) is 9.47 Å². The summed E-state index contributed by atoms with van der Waals surface area (Å²) in [5.74, 6) is 1.61. The Kier molecular flexibility index (Phi) is 6.93. The van der Waals surface area contributed by atoms with Crippen molar-refractivity contribution in [2.45, 2.75) is 32.5 Å². The predicted octanol–water partition coefficient (Wildman–Crippen LogP) is 1.81. The zero-order valence-electron chi connectivity index (χ0n) is 17.4. The molecular formula is C21H32N4O3. The van der Waals surface area contributed by atoms with E-state index in [9.17, 15) is 5.11 Å². The minimum atomic E-state index is 0.197. The van der Waals surface area contributed by atoms with Crippen LogP contribution < -0.4 is 9.47 Å². The molecule has 1 aliphatic rings. The Morgan fingerprint density at radius 1 is 1.11 bits per heavy atom. The molecule has 1 fully saturated rings. The molecule has 0 unspecified atom stereocenters. The molecule has 0 amide bonds. The number of ether oxygens (including phenoxy) is 2. The van der Waals surface area contributed by atoms with Gasteiger partial charge in [0.2, 0.25) is 0 Å². The summed E-state index contributed by atoms with van der Waals surface area (Å²) >= 11 is 0. The molecule has 1 aliphatic heterocycles. The van der Waals surface area contributed by atoms with Crippen molar-refractivity contribution in [3.63, 3.8) is 0 Å². The van der Waals surface area contributed by atoms with Crippen molar-refractivity contribution in [2.75, 3.05) is 40.5 Å². The largest absolute Gasteiger partial charge is 0.497 e. The summed E-state index contributed by atoms with van der Waals surface area (Å²) in [5, 5.41) is 13.9. The molecule has 2 heterocycles. The number of rotatable bonds is 8. The Balaban J connectivity index is 1.68. The summed E-state index contributed by atoms with van der Waals surface area (Å²) in [5.41, 5.74) is 3.65. The minimum absolute atomic E-state index is 0.197. The Morgan fingerprint density at radius 3 is 2.39 bits per heavy atom. The van der Waals surface area contributed by atoms with E-state index in [-0.39, 0.29) is 6.61 Å². The number of aliphatic hydroxyl groups excluding tert-OH is 1. The van der Waals surface area contributed by atoms with E-state index in [1.54, 1.807) is 14.2 Å². The number of aryl methyl sites for hydroxylation is 1. The number of aliphatic hydroxyl groups is 1. The van der Waals surface area contributed by atoms with E-state index in [0.717, 1.165) is 56.2 Å². The zero-order chi connectivity index (χ0) is 20.1. The van der Waals surface area contributed by atoms with Gasteiger partial charge in [0.15, 0.2) is 0 Å². The highest BCUT2D eigenvalue weighted by Gasteiger charge is 2.27. The molecule has 154 valence electrons. The van der Waals surface area contributed by atoms with Crippen LogP contribution in [0.1, 0.15) is 23.2 Å². The van der Waals surface area contributed by atoms with Crippen molar-refractivity contribution in [1.29, 1.82) is 0 Å². The molecular weight excluding hydrogens is 356 g/mol. The van der Waals surface area contributed by atoms with Crippen LogP contribution in [-0.4, -0.2) is 71.2 Å². The van der Waals surface area contributed by atoms with Gasteiger partial charge in [0.05, 0.1) is 20.4 Å². The van der Waals surface area contributed by atoms with Crippen LogP contribution in [0.4, 0.5) is 0 Å². The molecule has 0 radical (unpaired) electrons. The quantitative estimate of drug-likeness (QED) is 0.744. The standard InChI is InChI=1S/C21H32N4O3/c1-16-18(12-22-23(16)2)14-24-6-7-25(19(15-24)5-8-26)13-17-9-20(27-3)11-21(10-17)28-4/h9-12,19,26H,5-8,13-15H2,1-4H3/t19-/m0/s1. The van der Waals surface area contributed by atoms with Gasteiger partial charge in [0.1, 0.15) is 11.5 Å². The average Bonchev–Trinajstić information content (AvgIpc) is 3.02. The molecule has 7 heteroatoms. The fourth-order valence-corrected chi connectivity index (χ4v) is 3.86. The Labute approximate surface area is 167 Å². The van der Waals surface area contributed by atoms with Gasteiger partial charge in [-0.2, -0.15) is 5.10 Å². The fraction of sp³-hybridized carbons (Fsp3) is 0.571. The fourth-order valence-electron chi connectivity index (χ4n) is 3.86. The first-order valence-electron chi connectivity index (χ1n) is 9.80. The Bertz CT molecular complexity index is 755. The van der Waals surface area contributed by atoms with Crippen molar-refractivity contribution in [3.8, 4) is 11.5 Å². The van der Waals surface area contributed by atoms with Gasteiger partial charge >= 0.3 is 0 Å². The van der Waals surface area contributed by atoms with Crippen molar-refractivity contribution in [1.82, 2.24) is 19.6 Å². The average molecular weight is 389 g/mol. The van der Waals surface area contributed by atoms with Crippen LogP contribution in [0, 0.1) is 6.92 Å². The Morgan fingerprint density at radius 2 is 1.82 bits per heavy atom. The van der Waals surface area contributed by atoms with E-state index in [1.807, 2.05) is 24.0 Å². The molecule has 28 heavy (non-hydrogen) atoms. The monoisotopic (exact) mass is 388 g/mol. The normalized spacial score (nSPS) is 18.4. The minimum Gasteiger partial charge on any atom is -0.497 e. The smallest absolute Gasteiger partial charge is 0.122 e. The molecule has 0 aliphatic carbocycles. The Hall–Kier alpha value is -2.09. The molecule has 3 rings (SSSR count). The van der Waals surface area contributed by atoms with Crippen molar-refractivity contribution in [2.24, 2.45) is 7.05 Å². The highest BCUT2D eigenvalue weighted by Crippen LogP contribution is 2.25. The van der Waals surface area contributed by atoms with Gasteiger partial charge in [-0.15, -0.1) is 0 Å². The van der Waals surface area contributed by atoms with E-state index < -0.39 is 0 Å². The summed E-state index contributed by atoms with van der Waals surface area (Å²) < 4.78 is 12.7. The molecule has 7 nitrogen and oxygen atoms in total. The molecule has 1 aromatic heterocycles. The van der Waals surface area contributed by atoms with Gasteiger partial charge in [-0.3, -0.25) is 14.5 Å². The third-order valence-corrected chi connectivity index (χ3v) is 5.68. The van der Waals surface area contributed by atoms with E-state index in [1.165, 1.54) is 11.3 Å². The third kappa shape index (κ3) is 4.84. The SMILES string of the molecule is COc1cc(CN2CCN(Cc3cnn(C)c3C)C[C@@H]2CCO)cc(OC)c1. The number of methoxy groups -OCH3 is 2. The van der Waals surface area contributed by atoms with Gasteiger partial charge in [-0.05, 0) is 31.0 Å². The van der Waals surface area contributed by atoms with Crippen LogP contribution in [0.15, 0.2) is 24.4 Å². The zero-order valence-corrected chi connectivity index (χ0v) is 17.4. The second kappa shape index (κ2) is 9.41. The number of hydrogen-bond acceptors (Lipinski definition) is 6. The lowest BCUT2D eigenvalue weighted by molar-refractivity contribution is 0.0498. The van der Waals surface area contributed by atoms with Crippen LogP contribution in [0.5, 0.6) is 11.5 Å². The number of aromatic nitrogens is 2. The maximum Gasteiger partial charge on any atom is 0.122 e. The molecule has 1 atom stereocenters. The molecule has 2 aromatic rings. The van der Waals surface area contributed by atoms with Gasteiger partial charge in [-0.1, -0.05) is 0 Å². The van der Waals surface area contributed by atoms with Gasteiger partial charge < -0.3 is 14.6 Å². The third-order valence-electron chi connectivity index (χ3n) is 5.68. The second-order valence-electron chi connectivity index (χ2n) is 7.47. The summed E-state index contributed by atoms with van der Waals surface area (Å²) in [4.78, 5) is 4.92. The highest BCUT2D eigenvalue weighted by atomic mass is 16.5. The van der Waals surface area contributed by atoms with E-state index >= 15 is 0 Å². The van der Waals surface area contributed by atoms with Crippen LogP contribution in [-0.2, 0) is 20.1 Å². The van der Waals surface area contributed by atoms with Crippen LogP contribution in [0.25, 0.3) is 0 Å². The number of nitrogens with zero attached hydrogens (tertiary/aromatic N) is 4. The van der Waals surface area contributed by atoms with Crippen LogP contribution >= 0.6 is 0 Å². The number of benzene rings is 1. The highest BCUT2D eigenvalue weighted by molar-refractivity contribution is 5.38.